The first kappa shape index (κ1) is 24.5. The van der Waals surface area contributed by atoms with E-state index in [0.29, 0.717) is 25.1 Å². The molecule has 0 bridgehead atoms. The third kappa shape index (κ3) is 4.63. The molecule has 3 heterocycles. The first-order valence-electron chi connectivity index (χ1n) is 12.3. The van der Waals surface area contributed by atoms with E-state index in [2.05, 4.69) is 21.2 Å². The lowest BCUT2D eigenvalue weighted by Crippen LogP contribution is -2.32. The zero-order valence-electron chi connectivity index (χ0n) is 20.5. The van der Waals surface area contributed by atoms with E-state index in [9.17, 15) is 14.0 Å². The molecule has 1 saturated heterocycles. The van der Waals surface area contributed by atoms with E-state index in [0.717, 1.165) is 38.1 Å². The number of fused-ring (bicyclic) bond motifs is 1. The summed E-state index contributed by atoms with van der Waals surface area (Å²) >= 11 is 3.46. The Bertz CT molecular complexity index is 1530. The molecule has 2 amide bonds. The maximum Gasteiger partial charge on any atom is 0.253 e. The maximum atomic E-state index is 13.7. The second-order valence-electron chi connectivity index (χ2n) is 9.49. The molecule has 0 saturated carbocycles. The van der Waals surface area contributed by atoms with Crippen LogP contribution in [0.1, 0.15) is 29.8 Å². The summed E-state index contributed by atoms with van der Waals surface area (Å²) in [5.74, 6) is -0.452. The lowest BCUT2D eigenvalue weighted by molar-refractivity contribution is -0.130. The number of carbonyl (C=O) groups is 2. The monoisotopic (exact) mass is 574 g/mol. The number of aromatic nitrogens is 2. The van der Waals surface area contributed by atoms with Gasteiger partial charge in [0, 0.05) is 34.0 Å². The fraction of sp³-hybridized carbons (Fsp3) is 0.207. The zero-order valence-corrected chi connectivity index (χ0v) is 22.1. The van der Waals surface area contributed by atoms with Gasteiger partial charge in [-0.15, -0.1) is 0 Å². The molecule has 192 valence electrons. The minimum atomic E-state index is -0.657. The van der Waals surface area contributed by atoms with Crippen LogP contribution in [0.4, 0.5) is 10.1 Å². The van der Waals surface area contributed by atoms with Crippen LogP contribution >= 0.6 is 15.9 Å². The Balaban J connectivity index is 1.34. The maximum absolute atomic E-state index is 13.7. The Hall–Kier alpha value is -3.82. The van der Waals surface area contributed by atoms with Gasteiger partial charge in [-0.3, -0.25) is 9.59 Å². The highest BCUT2D eigenvalue weighted by molar-refractivity contribution is 9.10. The van der Waals surface area contributed by atoms with Gasteiger partial charge >= 0.3 is 0 Å². The third-order valence-corrected chi connectivity index (χ3v) is 7.43. The lowest BCUT2D eigenvalue weighted by Gasteiger charge is -2.23. The number of hydrogen-bond acceptors (Lipinski definition) is 4. The van der Waals surface area contributed by atoms with Crippen molar-refractivity contribution in [1.29, 1.82) is 0 Å². The van der Waals surface area contributed by atoms with Gasteiger partial charge in [-0.2, -0.15) is 5.10 Å². The summed E-state index contributed by atoms with van der Waals surface area (Å²) in [7, 11) is 0. The van der Waals surface area contributed by atoms with Gasteiger partial charge in [-0.25, -0.2) is 9.07 Å². The number of nitrogens with one attached hydrogen (secondary N) is 1. The number of amides is 2. The van der Waals surface area contributed by atoms with Crippen LogP contribution in [-0.4, -0.2) is 39.1 Å². The molecule has 38 heavy (non-hydrogen) atoms. The Kier molecular flexibility index (Phi) is 6.33. The summed E-state index contributed by atoms with van der Waals surface area (Å²) < 4.78 is 22.6. The molecule has 2 aliphatic rings. The van der Waals surface area contributed by atoms with Crippen LogP contribution in [0.5, 0.6) is 0 Å². The minimum Gasteiger partial charge on any atom is -0.341 e. The van der Waals surface area contributed by atoms with Crippen LogP contribution in [0.2, 0.25) is 0 Å². The van der Waals surface area contributed by atoms with Gasteiger partial charge in [0.05, 0.1) is 12.1 Å². The molecule has 4 aromatic rings. The summed E-state index contributed by atoms with van der Waals surface area (Å²) in [5, 5.41) is 7.71. The van der Waals surface area contributed by atoms with Gasteiger partial charge < -0.3 is 15.0 Å². The molecule has 0 unspecified atom stereocenters. The number of benzene rings is 3. The van der Waals surface area contributed by atoms with Gasteiger partial charge in [-0.1, -0.05) is 28.1 Å². The topological polar surface area (TPSA) is 76.5 Å². The molecule has 2 atom stereocenters. The first-order chi connectivity index (χ1) is 18.4. The fourth-order valence-electron chi connectivity index (χ4n) is 4.94. The molecule has 6 rings (SSSR count). The molecule has 0 aliphatic carbocycles. The lowest BCUT2D eigenvalue weighted by atomic mass is 10.0. The molecular formula is C29H24BrFN4O3. The number of hydrogen-bond donors (Lipinski definition) is 1. The van der Waals surface area contributed by atoms with Crippen molar-refractivity contribution in [2.24, 2.45) is 0 Å². The van der Waals surface area contributed by atoms with Crippen molar-refractivity contribution in [1.82, 2.24) is 14.7 Å². The van der Waals surface area contributed by atoms with Crippen LogP contribution in [0.15, 0.2) is 77.4 Å². The summed E-state index contributed by atoms with van der Waals surface area (Å²) in [6.45, 7) is 2.17. The van der Waals surface area contributed by atoms with Gasteiger partial charge in [0.15, 0.2) is 6.23 Å². The number of halogens is 2. The van der Waals surface area contributed by atoms with Crippen LogP contribution in [0.3, 0.4) is 0 Å². The molecule has 1 fully saturated rings. The fourth-order valence-corrected chi connectivity index (χ4v) is 5.20. The largest absolute Gasteiger partial charge is 0.341 e. The summed E-state index contributed by atoms with van der Waals surface area (Å²) in [4.78, 5) is 26.7. The third-order valence-electron chi connectivity index (χ3n) is 6.91. The van der Waals surface area contributed by atoms with E-state index < -0.39 is 12.3 Å². The highest BCUT2D eigenvalue weighted by Crippen LogP contribution is 2.37. The highest BCUT2D eigenvalue weighted by Gasteiger charge is 2.40. The molecule has 0 spiro atoms. The standard InChI is InChI=1S/C29H24BrFN4O3/c1-17-28(37)34(13-12-18-2-3-20-15-26(36)32-25(20)14-18)29(38-17)24-16-35(23-10-6-21(30)7-11-23)33-27(24)19-4-8-22(31)9-5-19/h2-11,14,16-17,29H,12-13,15H2,1H3,(H,32,36)/t17-,29-/m0/s1. The molecule has 9 heteroatoms. The smallest absolute Gasteiger partial charge is 0.253 e. The van der Waals surface area contributed by atoms with Gasteiger partial charge in [0.1, 0.15) is 17.6 Å². The van der Waals surface area contributed by atoms with Crippen molar-refractivity contribution in [2.75, 3.05) is 11.9 Å². The first-order valence-corrected chi connectivity index (χ1v) is 13.1. The van der Waals surface area contributed by atoms with Crippen molar-refractivity contribution in [3.63, 3.8) is 0 Å². The van der Waals surface area contributed by atoms with E-state index in [1.54, 1.807) is 28.6 Å². The van der Waals surface area contributed by atoms with Gasteiger partial charge in [0.25, 0.3) is 5.91 Å². The normalized spacial score (nSPS) is 18.7. The molecule has 1 N–H and O–H groups in total. The Labute approximate surface area is 227 Å². The van der Waals surface area contributed by atoms with Crippen molar-refractivity contribution < 1.29 is 18.7 Å². The van der Waals surface area contributed by atoms with E-state index >= 15 is 0 Å². The molecule has 2 aliphatic heterocycles. The van der Waals surface area contributed by atoms with Crippen LogP contribution < -0.4 is 5.32 Å². The van der Waals surface area contributed by atoms with E-state index in [-0.39, 0.29) is 17.6 Å². The van der Waals surface area contributed by atoms with Crippen molar-refractivity contribution >= 4 is 33.4 Å². The van der Waals surface area contributed by atoms with Gasteiger partial charge in [0.2, 0.25) is 5.91 Å². The molecule has 7 nitrogen and oxygen atoms in total. The van der Waals surface area contributed by atoms with Crippen LogP contribution in [0.25, 0.3) is 16.9 Å². The quantitative estimate of drug-likeness (QED) is 0.333. The average Bonchev–Trinajstić information content (AvgIpc) is 3.58. The average molecular weight is 575 g/mol. The SMILES string of the molecule is C[C@@H]1O[C@@H](c2cn(-c3ccc(Br)cc3)nc2-c2ccc(F)cc2)N(CCc2ccc3c(c2)NC(=O)C3)C1=O. The van der Waals surface area contributed by atoms with Crippen LogP contribution in [0, 0.1) is 5.82 Å². The predicted molar refractivity (Wildman–Crippen MR) is 144 cm³/mol. The number of carbonyl (C=O) groups excluding carboxylic acids is 2. The number of ether oxygens (including phenoxy) is 1. The van der Waals surface area contributed by atoms with Crippen LogP contribution in [-0.2, 0) is 27.2 Å². The van der Waals surface area contributed by atoms with Crippen molar-refractivity contribution in [2.45, 2.75) is 32.1 Å². The zero-order chi connectivity index (χ0) is 26.4. The summed E-state index contributed by atoms with van der Waals surface area (Å²) in [6.07, 6.45) is 1.58. The minimum absolute atomic E-state index is 0.00901. The molecule has 1 aromatic heterocycles. The van der Waals surface area contributed by atoms with E-state index in [1.807, 2.05) is 48.7 Å². The number of nitrogens with zero attached hydrogens (tertiary/aromatic N) is 3. The van der Waals surface area contributed by atoms with Crippen molar-refractivity contribution in [3.05, 3.63) is 99.9 Å². The number of anilines is 1. The summed E-state index contributed by atoms with van der Waals surface area (Å²) in [5.41, 5.74) is 5.73. The van der Waals surface area contributed by atoms with Gasteiger partial charge in [-0.05, 0) is 79.1 Å². The predicted octanol–water partition coefficient (Wildman–Crippen LogP) is 5.42. The Morgan fingerprint density at radius 2 is 1.84 bits per heavy atom. The Morgan fingerprint density at radius 3 is 2.61 bits per heavy atom. The van der Waals surface area contributed by atoms with Crippen molar-refractivity contribution in [3.8, 4) is 16.9 Å². The van der Waals surface area contributed by atoms with E-state index in [1.165, 1.54) is 12.1 Å². The highest BCUT2D eigenvalue weighted by atomic mass is 79.9. The number of rotatable bonds is 6. The Morgan fingerprint density at radius 1 is 1.08 bits per heavy atom. The van der Waals surface area contributed by atoms with E-state index in [4.69, 9.17) is 9.84 Å². The molecular weight excluding hydrogens is 551 g/mol. The molecule has 3 aromatic carbocycles. The second kappa shape index (κ2) is 9.81. The summed E-state index contributed by atoms with van der Waals surface area (Å²) in [6, 6.07) is 19.8. The molecule has 0 radical (unpaired) electrons. The second-order valence-corrected chi connectivity index (χ2v) is 10.4.